The van der Waals surface area contributed by atoms with Crippen molar-refractivity contribution < 1.29 is 14.7 Å². The average Bonchev–Trinajstić information content (AvgIpc) is 2.00. The number of carboxylic acid groups (broad SMARTS) is 1. The van der Waals surface area contributed by atoms with Crippen LogP contribution in [0.1, 0.15) is 26.7 Å². The first-order chi connectivity index (χ1) is 6.45. The van der Waals surface area contributed by atoms with Gasteiger partial charge in [-0.2, -0.15) is 0 Å². The summed E-state index contributed by atoms with van der Waals surface area (Å²) in [5, 5.41) is 11.3. The van der Waals surface area contributed by atoms with Gasteiger partial charge in [0.2, 0.25) is 5.91 Å². The minimum Gasteiger partial charge on any atom is -0.481 e. The second kappa shape index (κ2) is 6.37. The van der Waals surface area contributed by atoms with Crippen molar-refractivity contribution in [1.29, 1.82) is 0 Å². The van der Waals surface area contributed by atoms with E-state index in [-0.39, 0.29) is 24.3 Å². The normalized spacial score (nSPS) is 14.5. The smallest absolute Gasteiger partial charge is 0.303 e. The van der Waals surface area contributed by atoms with Gasteiger partial charge in [0.1, 0.15) is 0 Å². The first kappa shape index (κ1) is 12.9. The Hall–Kier alpha value is -1.10. The molecule has 0 aliphatic heterocycles. The minimum atomic E-state index is -0.851. The highest BCUT2D eigenvalue weighted by molar-refractivity contribution is 5.73. The molecule has 0 spiro atoms. The molecule has 5 heteroatoms. The summed E-state index contributed by atoms with van der Waals surface area (Å²) in [7, 11) is 0. The third-order valence-electron chi connectivity index (χ3n) is 1.93. The van der Waals surface area contributed by atoms with E-state index >= 15 is 0 Å². The zero-order valence-corrected chi connectivity index (χ0v) is 8.62. The molecule has 0 aromatic rings. The van der Waals surface area contributed by atoms with E-state index in [1.807, 2.05) is 6.92 Å². The van der Waals surface area contributed by atoms with Crippen LogP contribution < -0.4 is 11.1 Å². The van der Waals surface area contributed by atoms with Crippen LogP contribution in [0.15, 0.2) is 0 Å². The van der Waals surface area contributed by atoms with Crippen LogP contribution in [-0.4, -0.2) is 29.6 Å². The Labute approximate surface area is 83.7 Å². The van der Waals surface area contributed by atoms with Gasteiger partial charge in [-0.05, 0) is 25.8 Å². The second-order valence-corrected chi connectivity index (χ2v) is 3.54. The van der Waals surface area contributed by atoms with Crippen molar-refractivity contribution in [2.24, 2.45) is 11.7 Å². The number of hydrogen-bond acceptors (Lipinski definition) is 3. The van der Waals surface area contributed by atoms with E-state index in [0.717, 1.165) is 0 Å². The van der Waals surface area contributed by atoms with E-state index in [2.05, 4.69) is 5.32 Å². The fourth-order valence-corrected chi connectivity index (χ4v) is 1.42. The van der Waals surface area contributed by atoms with E-state index in [1.54, 1.807) is 0 Å². The second-order valence-electron chi connectivity index (χ2n) is 3.54. The van der Waals surface area contributed by atoms with E-state index < -0.39 is 5.97 Å². The van der Waals surface area contributed by atoms with E-state index in [4.69, 9.17) is 10.8 Å². The summed E-state index contributed by atoms with van der Waals surface area (Å²) in [6, 6.07) is -0.0274. The maximum atomic E-state index is 10.7. The van der Waals surface area contributed by atoms with Crippen LogP contribution in [0.25, 0.3) is 0 Å². The van der Waals surface area contributed by atoms with Gasteiger partial charge in [-0.15, -0.1) is 0 Å². The molecule has 0 bridgehead atoms. The molecule has 0 aromatic carbocycles. The van der Waals surface area contributed by atoms with Crippen LogP contribution in [-0.2, 0) is 9.59 Å². The molecule has 2 unspecified atom stereocenters. The number of carbonyl (C=O) groups is 2. The van der Waals surface area contributed by atoms with Crippen LogP contribution >= 0.6 is 0 Å². The van der Waals surface area contributed by atoms with Crippen LogP contribution in [0, 0.1) is 5.92 Å². The van der Waals surface area contributed by atoms with Crippen molar-refractivity contribution in [1.82, 2.24) is 5.32 Å². The van der Waals surface area contributed by atoms with E-state index in [9.17, 15) is 9.59 Å². The zero-order valence-electron chi connectivity index (χ0n) is 8.62. The first-order valence-corrected chi connectivity index (χ1v) is 4.64. The van der Waals surface area contributed by atoms with Crippen molar-refractivity contribution in [2.45, 2.75) is 32.7 Å². The quantitative estimate of drug-likeness (QED) is 0.563. The van der Waals surface area contributed by atoms with Crippen molar-refractivity contribution >= 4 is 11.9 Å². The highest BCUT2D eigenvalue weighted by atomic mass is 16.4. The monoisotopic (exact) mass is 202 g/mol. The number of nitrogens with two attached hydrogens (primary N) is 1. The topological polar surface area (TPSA) is 92.4 Å². The summed E-state index contributed by atoms with van der Waals surface area (Å²) in [6.45, 7) is 3.60. The Morgan fingerprint density at radius 2 is 2.07 bits per heavy atom. The molecule has 0 fully saturated rings. The van der Waals surface area contributed by atoms with Gasteiger partial charge < -0.3 is 16.2 Å². The number of carbonyl (C=O) groups excluding carboxylic acids is 1. The number of amides is 1. The number of nitrogens with one attached hydrogen (secondary N) is 1. The molecular weight excluding hydrogens is 184 g/mol. The first-order valence-electron chi connectivity index (χ1n) is 4.64. The van der Waals surface area contributed by atoms with Gasteiger partial charge in [-0.3, -0.25) is 9.59 Å². The minimum absolute atomic E-state index is 0.0274. The SMILES string of the molecule is CC(=O)NC(C)CC(CN)CC(=O)O. The van der Waals surface area contributed by atoms with Crippen LogP contribution in [0.5, 0.6) is 0 Å². The number of aliphatic carboxylic acids is 1. The summed E-state index contributed by atoms with van der Waals surface area (Å²) in [4.78, 5) is 21.1. The molecular formula is C9H18N2O3. The lowest BCUT2D eigenvalue weighted by molar-refractivity contribution is -0.138. The average molecular weight is 202 g/mol. The summed E-state index contributed by atoms with van der Waals surface area (Å²) in [5.74, 6) is -1.03. The fourth-order valence-electron chi connectivity index (χ4n) is 1.42. The highest BCUT2D eigenvalue weighted by Gasteiger charge is 2.15. The lowest BCUT2D eigenvalue weighted by Gasteiger charge is -2.18. The van der Waals surface area contributed by atoms with Gasteiger partial charge in [-0.1, -0.05) is 0 Å². The molecule has 0 saturated heterocycles. The van der Waals surface area contributed by atoms with Gasteiger partial charge in [0.15, 0.2) is 0 Å². The van der Waals surface area contributed by atoms with Gasteiger partial charge >= 0.3 is 5.97 Å². The largest absolute Gasteiger partial charge is 0.481 e. The van der Waals surface area contributed by atoms with Crippen LogP contribution in [0.2, 0.25) is 0 Å². The highest BCUT2D eigenvalue weighted by Crippen LogP contribution is 2.09. The standard InChI is InChI=1S/C9H18N2O3/c1-6(11-7(2)12)3-8(5-10)4-9(13)14/h6,8H,3-5,10H2,1-2H3,(H,11,12)(H,13,14). The van der Waals surface area contributed by atoms with E-state index in [0.29, 0.717) is 13.0 Å². The fraction of sp³-hybridized carbons (Fsp3) is 0.778. The third-order valence-corrected chi connectivity index (χ3v) is 1.93. The Morgan fingerprint density at radius 3 is 2.43 bits per heavy atom. The number of carboxylic acids is 1. The molecule has 2 atom stereocenters. The van der Waals surface area contributed by atoms with Crippen LogP contribution in [0.4, 0.5) is 0 Å². The number of rotatable bonds is 6. The predicted octanol–water partition coefficient (Wildman–Crippen LogP) is -0.0493. The van der Waals surface area contributed by atoms with Gasteiger partial charge in [0.05, 0.1) is 0 Å². The Morgan fingerprint density at radius 1 is 1.50 bits per heavy atom. The molecule has 1 amide bonds. The van der Waals surface area contributed by atoms with Crippen molar-refractivity contribution in [3.8, 4) is 0 Å². The van der Waals surface area contributed by atoms with Crippen molar-refractivity contribution in [2.75, 3.05) is 6.54 Å². The predicted molar refractivity (Wildman–Crippen MR) is 52.7 cm³/mol. The van der Waals surface area contributed by atoms with Crippen LogP contribution in [0.3, 0.4) is 0 Å². The van der Waals surface area contributed by atoms with E-state index in [1.165, 1.54) is 6.92 Å². The van der Waals surface area contributed by atoms with Crippen molar-refractivity contribution in [3.63, 3.8) is 0 Å². The molecule has 0 rings (SSSR count). The third kappa shape index (κ3) is 6.42. The molecule has 4 N–H and O–H groups in total. The molecule has 0 radical (unpaired) electrons. The Bertz CT molecular complexity index is 206. The van der Waals surface area contributed by atoms with Gasteiger partial charge in [0, 0.05) is 19.4 Å². The molecule has 82 valence electrons. The maximum Gasteiger partial charge on any atom is 0.303 e. The molecule has 14 heavy (non-hydrogen) atoms. The molecule has 0 aromatic heterocycles. The Kier molecular flexibility index (Phi) is 5.87. The van der Waals surface area contributed by atoms with Crippen molar-refractivity contribution in [3.05, 3.63) is 0 Å². The van der Waals surface area contributed by atoms with Gasteiger partial charge in [0.25, 0.3) is 0 Å². The summed E-state index contributed by atoms with van der Waals surface area (Å²) >= 11 is 0. The Balaban J connectivity index is 3.91. The van der Waals surface area contributed by atoms with Gasteiger partial charge in [-0.25, -0.2) is 0 Å². The molecule has 0 aliphatic carbocycles. The maximum absolute atomic E-state index is 10.7. The zero-order chi connectivity index (χ0) is 11.1. The molecule has 0 aliphatic rings. The molecule has 0 saturated carbocycles. The molecule has 5 nitrogen and oxygen atoms in total. The summed E-state index contributed by atoms with van der Waals surface area (Å²) in [6.07, 6.45) is 0.656. The summed E-state index contributed by atoms with van der Waals surface area (Å²) in [5.41, 5.74) is 5.42. The summed E-state index contributed by atoms with van der Waals surface area (Å²) < 4.78 is 0. The lowest BCUT2D eigenvalue weighted by Crippen LogP contribution is -2.34. The number of hydrogen-bond donors (Lipinski definition) is 3. The molecule has 0 heterocycles. The lowest BCUT2D eigenvalue weighted by atomic mass is 9.97.